The molecule has 0 aliphatic carbocycles. The lowest BCUT2D eigenvalue weighted by molar-refractivity contribution is 0.477. The predicted molar refractivity (Wildman–Crippen MR) is 106 cm³/mol. The standard InChI is InChI=1S/C22H21N3O/c1-14-10-11-17(18(26)13-14)21-22(25-12-5-4-9-19(25)23-21)24-20-15(2)7-6-8-16(20)3/h4-13,24,26H,1-3H3. The van der Waals surface area contributed by atoms with Gasteiger partial charge in [-0.1, -0.05) is 30.3 Å². The van der Waals surface area contributed by atoms with Crippen LogP contribution < -0.4 is 5.32 Å². The van der Waals surface area contributed by atoms with E-state index in [4.69, 9.17) is 4.98 Å². The quantitative estimate of drug-likeness (QED) is 0.525. The summed E-state index contributed by atoms with van der Waals surface area (Å²) in [5.41, 5.74) is 6.68. The molecule has 0 amide bonds. The zero-order chi connectivity index (χ0) is 18.3. The average molecular weight is 343 g/mol. The van der Waals surface area contributed by atoms with E-state index in [0.717, 1.165) is 39.5 Å². The number of imidazole rings is 1. The van der Waals surface area contributed by atoms with Crippen molar-refractivity contribution >= 4 is 17.2 Å². The number of aromatic nitrogens is 2. The number of fused-ring (bicyclic) bond motifs is 1. The van der Waals surface area contributed by atoms with Crippen LogP contribution in [0.3, 0.4) is 0 Å². The molecule has 0 unspecified atom stereocenters. The molecule has 130 valence electrons. The number of nitrogens with zero attached hydrogens (tertiary/aromatic N) is 2. The molecule has 0 radical (unpaired) electrons. The molecule has 0 saturated carbocycles. The molecule has 4 nitrogen and oxygen atoms in total. The van der Waals surface area contributed by atoms with Gasteiger partial charge in [-0.2, -0.15) is 0 Å². The van der Waals surface area contributed by atoms with Crippen molar-refractivity contribution < 1.29 is 5.11 Å². The maximum Gasteiger partial charge on any atom is 0.143 e. The van der Waals surface area contributed by atoms with Crippen LogP contribution in [0.5, 0.6) is 5.75 Å². The molecule has 2 aromatic heterocycles. The Labute approximate surface area is 152 Å². The molecular weight excluding hydrogens is 322 g/mol. The van der Waals surface area contributed by atoms with Crippen molar-refractivity contribution in [2.75, 3.05) is 5.32 Å². The minimum atomic E-state index is 0.234. The van der Waals surface area contributed by atoms with Crippen molar-refractivity contribution in [1.82, 2.24) is 9.38 Å². The molecule has 0 bridgehead atoms. The van der Waals surface area contributed by atoms with Gasteiger partial charge in [-0.3, -0.25) is 4.40 Å². The molecule has 2 heterocycles. The van der Waals surface area contributed by atoms with Crippen molar-refractivity contribution in [3.05, 3.63) is 77.5 Å². The normalized spacial score (nSPS) is 11.0. The lowest BCUT2D eigenvalue weighted by atomic mass is 10.1. The molecule has 4 heteroatoms. The van der Waals surface area contributed by atoms with Gasteiger partial charge in [-0.05, 0) is 61.7 Å². The third-order valence-electron chi connectivity index (χ3n) is 4.66. The number of para-hydroxylation sites is 1. The largest absolute Gasteiger partial charge is 0.507 e. The molecule has 26 heavy (non-hydrogen) atoms. The van der Waals surface area contributed by atoms with Gasteiger partial charge in [-0.15, -0.1) is 0 Å². The first-order valence-electron chi connectivity index (χ1n) is 8.65. The van der Waals surface area contributed by atoms with Crippen molar-refractivity contribution in [3.63, 3.8) is 0 Å². The fourth-order valence-corrected chi connectivity index (χ4v) is 3.28. The van der Waals surface area contributed by atoms with Crippen molar-refractivity contribution in [2.45, 2.75) is 20.8 Å². The first-order chi connectivity index (χ1) is 12.5. The summed E-state index contributed by atoms with van der Waals surface area (Å²) < 4.78 is 2.01. The van der Waals surface area contributed by atoms with E-state index in [0.29, 0.717) is 5.56 Å². The smallest absolute Gasteiger partial charge is 0.143 e. The van der Waals surface area contributed by atoms with Crippen LogP contribution in [0.15, 0.2) is 60.8 Å². The molecule has 2 aromatic carbocycles. The number of phenolic OH excluding ortho intramolecular Hbond substituents is 1. The number of aromatic hydroxyl groups is 1. The van der Waals surface area contributed by atoms with Gasteiger partial charge in [0, 0.05) is 17.4 Å². The van der Waals surface area contributed by atoms with E-state index in [-0.39, 0.29) is 5.75 Å². The van der Waals surface area contributed by atoms with Crippen LogP contribution in [-0.4, -0.2) is 14.5 Å². The summed E-state index contributed by atoms with van der Waals surface area (Å²) in [6.45, 7) is 6.13. The van der Waals surface area contributed by atoms with Crippen molar-refractivity contribution in [2.24, 2.45) is 0 Å². The number of hydrogen-bond acceptors (Lipinski definition) is 3. The number of aryl methyl sites for hydroxylation is 3. The highest BCUT2D eigenvalue weighted by atomic mass is 16.3. The Hall–Kier alpha value is -3.27. The highest BCUT2D eigenvalue weighted by molar-refractivity contribution is 5.83. The summed E-state index contributed by atoms with van der Waals surface area (Å²) >= 11 is 0. The zero-order valence-corrected chi connectivity index (χ0v) is 15.1. The second kappa shape index (κ2) is 6.23. The topological polar surface area (TPSA) is 49.6 Å². The Bertz CT molecular complexity index is 1090. The number of anilines is 2. The molecule has 0 saturated heterocycles. The van der Waals surface area contributed by atoms with E-state index in [1.807, 2.05) is 47.9 Å². The minimum absolute atomic E-state index is 0.234. The van der Waals surface area contributed by atoms with Gasteiger partial charge in [0.15, 0.2) is 0 Å². The molecule has 0 spiro atoms. The van der Waals surface area contributed by atoms with E-state index in [2.05, 4.69) is 37.4 Å². The van der Waals surface area contributed by atoms with Crippen LogP contribution in [0.2, 0.25) is 0 Å². The van der Waals surface area contributed by atoms with Gasteiger partial charge < -0.3 is 10.4 Å². The lowest BCUT2D eigenvalue weighted by Crippen LogP contribution is -2.00. The third-order valence-corrected chi connectivity index (χ3v) is 4.66. The monoisotopic (exact) mass is 343 g/mol. The van der Waals surface area contributed by atoms with Crippen LogP contribution >= 0.6 is 0 Å². The van der Waals surface area contributed by atoms with Gasteiger partial charge in [0.1, 0.15) is 22.9 Å². The molecule has 4 aromatic rings. The van der Waals surface area contributed by atoms with Crippen LogP contribution in [0.4, 0.5) is 11.5 Å². The van der Waals surface area contributed by atoms with Gasteiger partial charge in [0.25, 0.3) is 0 Å². The Morgan fingerprint density at radius 1 is 0.923 bits per heavy atom. The summed E-state index contributed by atoms with van der Waals surface area (Å²) in [6, 6.07) is 17.8. The number of phenols is 1. The summed E-state index contributed by atoms with van der Waals surface area (Å²) in [5, 5.41) is 14.1. The molecule has 2 N–H and O–H groups in total. The fraction of sp³-hybridized carbons (Fsp3) is 0.136. The molecular formula is C22H21N3O. The van der Waals surface area contributed by atoms with Gasteiger partial charge in [0.05, 0.1) is 0 Å². The zero-order valence-electron chi connectivity index (χ0n) is 15.1. The lowest BCUT2D eigenvalue weighted by Gasteiger charge is -2.14. The second-order valence-electron chi connectivity index (χ2n) is 6.65. The Morgan fingerprint density at radius 2 is 1.69 bits per heavy atom. The first kappa shape index (κ1) is 16.2. The van der Waals surface area contributed by atoms with E-state index in [1.54, 1.807) is 6.07 Å². The maximum atomic E-state index is 10.5. The predicted octanol–water partition coefficient (Wildman–Crippen LogP) is 5.38. The van der Waals surface area contributed by atoms with E-state index in [1.165, 1.54) is 0 Å². The second-order valence-corrected chi connectivity index (χ2v) is 6.65. The average Bonchev–Trinajstić information content (AvgIpc) is 2.96. The molecule has 4 rings (SSSR count). The fourth-order valence-electron chi connectivity index (χ4n) is 3.28. The van der Waals surface area contributed by atoms with E-state index in [9.17, 15) is 5.11 Å². The molecule has 0 fully saturated rings. The molecule has 0 atom stereocenters. The van der Waals surface area contributed by atoms with Gasteiger partial charge >= 0.3 is 0 Å². The molecule has 0 aliphatic rings. The number of pyridine rings is 1. The highest BCUT2D eigenvalue weighted by Gasteiger charge is 2.18. The van der Waals surface area contributed by atoms with Crippen LogP contribution in [0.25, 0.3) is 16.9 Å². The summed E-state index contributed by atoms with van der Waals surface area (Å²) in [7, 11) is 0. The number of nitrogens with one attached hydrogen (secondary N) is 1. The van der Waals surface area contributed by atoms with Crippen LogP contribution in [-0.2, 0) is 0 Å². The van der Waals surface area contributed by atoms with Crippen molar-refractivity contribution in [3.8, 4) is 17.0 Å². The third kappa shape index (κ3) is 2.69. The Balaban J connectivity index is 1.95. The van der Waals surface area contributed by atoms with Crippen molar-refractivity contribution in [1.29, 1.82) is 0 Å². The number of rotatable bonds is 3. The summed E-state index contributed by atoms with van der Waals surface area (Å²) in [5.74, 6) is 1.08. The summed E-state index contributed by atoms with van der Waals surface area (Å²) in [6.07, 6.45) is 1.98. The van der Waals surface area contributed by atoms with E-state index >= 15 is 0 Å². The highest BCUT2D eigenvalue weighted by Crippen LogP contribution is 2.37. The van der Waals surface area contributed by atoms with Crippen LogP contribution in [0.1, 0.15) is 16.7 Å². The number of benzene rings is 2. The molecule has 0 aliphatic heterocycles. The SMILES string of the molecule is Cc1ccc(-c2nc3ccccn3c2Nc2c(C)cccc2C)c(O)c1. The van der Waals surface area contributed by atoms with Gasteiger partial charge in [-0.25, -0.2) is 4.98 Å². The Morgan fingerprint density at radius 3 is 2.42 bits per heavy atom. The van der Waals surface area contributed by atoms with Crippen LogP contribution in [0, 0.1) is 20.8 Å². The maximum absolute atomic E-state index is 10.5. The first-order valence-corrected chi connectivity index (χ1v) is 8.65. The van der Waals surface area contributed by atoms with E-state index < -0.39 is 0 Å². The number of hydrogen-bond donors (Lipinski definition) is 2. The van der Waals surface area contributed by atoms with Gasteiger partial charge in [0.2, 0.25) is 0 Å². The Kier molecular flexibility index (Phi) is 3.88. The summed E-state index contributed by atoms with van der Waals surface area (Å²) in [4.78, 5) is 4.77. The minimum Gasteiger partial charge on any atom is -0.507 e.